The van der Waals surface area contributed by atoms with Gasteiger partial charge in [0.1, 0.15) is 5.69 Å². The molecule has 178 valence electrons. The van der Waals surface area contributed by atoms with Crippen molar-refractivity contribution in [1.29, 1.82) is 0 Å². The fraction of sp³-hybridized carbons (Fsp3) is 0.222. The molecule has 2 aromatic carbocycles. The Morgan fingerprint density at radius 2 is 1.69 bits per heavy atom. The van der Waals surface area contributed by atoms with Crippen molar-refractivity contribution in [3.05, 3.63) is 94.5 Å². The van der Waals surface area contributed by atoms with E-state index in [-0.39, 0.29) is 5.91 Å². The minimum atomic E-state index is -0.626. The lowest BCUT2D eigenvalue weighted by atomic mass is 9.89. The number of nitrogens with one attached hydrogen (secondary N) is 2. The number of fused-ring (bicyclic) bond motifs is 1. The van der Waals surface area contributed by atoms with Gasteiger partial charge < -0.3 is 20.6 Å². The van der Waals surface area contributed by atoms with Crippen LogP contribution in [0.25, 0.3) is 22.0 Å². The number of amides is 2. The van der Waals surface area contributed by atoms with Crippen LogP contribution in [0.2, 0.25) is 5.02 Å². The van der Waals surface area contributed by atoms with Gasteiger partial charge in [0.05, 0.1) is 0 Å². The van der Waals surface area contributed by atoms with Gasteiger partial charge in [-0.05, 0) is 72.5 Å². The van der Waals surface area contributed by atoms with Gasteiger partial charge in [-0.3, -0.25) is 14.6 Å². The van der Waals surface area contributed by atoms with E-state index < -0.39 is 18.0 Å². The third-order valence-corrected chi connectivity index (χ3v) is 6.76. The van der Waals surface area contributed by atoms with Gasteiger partial charge in [-0.2, -0.15) is 0 Å². The lowest BCUT2D eigenvalue weighted by Gasteiger charge is -2.44. The molecule has 1 aliphatic carbocycles. The molecule has 2 aromatic heterocycles. The first kappa shape index (κ1) is 23.1. The van der Waals surface area contributed by atoms with Crippen LogP contribution in [0.5, 0.6) is 0 Å². The molecule has 2 amide bonds. The van der Waals surface area contributed by atoms with Crippen LogP contribution in [0.15, 0.2) is 73.1 Å². The van der Waals surface area contributed by atoms with Gasteiger partial charge in [0.25, 0.3) is 5.91 Å². The molecule has 2 N–H and O–H groups in total. The number of aromatic amines is 1. The molecule has 7 nitrogen and oxygen atoms in total. The minimum Gasteiger partial charge on any atom is -0.756 e. The number of benzene rings is 2. The van der Waals surface area contributed by atoms with Gasteiger partial charge in [0, 0.05) is 46.0 Å². The Kier molecular flexibility index (Phi) is 6.53. The van der Waals surface area contributed by atoms with Crippen molar-refractivity contribution in [3.8, 4) is 11.1 Å². The van der Waals surface area contributed by atoms with Crippen molar-refractivity contribution < 1.29 is 9.59 Å². The van der Waals surface area contributed by atoms with Gasteiger partial charge >= 0.3 is 0 Å². The molecule has 35 heavy (non-hydrogen) atoms. The SMILES string of the molecule is O=C(N[C@H]1CCCC[C@H]1N([O-])C(=O)c1ccc(-c2ccncc2)cc1)c1cc2cc(Cl)ccc2[nH]1. The van der Waals surface area contributed by atoms with Crippen LogP contribution < -0.4 is 5.32 Å². The molecule has 1 aliphatic rings. The van der Waals surface area contributed by atoms with Gasteiger partial charge in [0.2, 0.25) is 5.91 Å². The second-order valence-electron chi connectivity index (χ2n) is 8.79. The zero-order valence-corrected chi connectivity index (χ0v) is 19.7. The second kappa shape index (κ2) is 9.90. The van der Waals surface area contributed by atoms with Gasteiger partial charge in [0.15, 0.2) is 0 Å². The molecule has 1 fully saturated rings. The molecule has 2 atom stereocenters. The van der Waals surface area contributed by atoms with Crippen molar-refractivity contribution in [1.82, 2.24) is 20.3 Å². The monoisotopic (exact) mass is 487 g/mol. The number of aromatic nitrogens is 2. The molecule has 0 saturated heterocycles. The van der Waals surface area contributed by atoms with Crippen LogP contribution in [0.1, 0.15) is 46.5 Å². The molecule has 0 radical (unpaired) electrons. The predicted octanol–water partition coefficient (Wildman–Crippen LogP) is 5.56. The number of rotatable bonds is 5. The van der Waals surface area contributed by atoms with E-state index in [1.54, 1.807) is 42.7 Å². The molecule has 1 saturated carbocycles. The lowest BCUT2D eigenvalue weighted by molar-refractivity contribution is 0.0671. The highest BCUT2D eigenvalue weighted by atomic mass is 35.5. The Morgan fingerprint density at radius 1 is 0.971 bits per heavy atom. The smallest absolute Gasteiger partial charge is 0.268 e. The number of pyridine rings is 1. The summed E-state index contributed by atoms with van der Waals surface area (Å²) in [5.41, 5.74) is 3.43. The Labute approximate surface area is 207 Å². The highest BCUT2D eigenvalue weighted by Gasteiger charge is 2.30. The molecular weight excluding hydrogens is 464 g/mol. The van der Waals surface area contributed by atoms with Crippen molar-refractivity contribution in [3.63, 3.8) is 0 Å². The molecule has 0 unspecified atom stereocenters. The predicted molar refractivity (Wildman–Crippen MR) is 136 cm³/mol. The van der Waals surface area contributed by atoms with E-state index in [4.69, 9.17) is 11.6 Å². The minimum absolute atomic E-state index is 0.309. The third-order valence-electron chi connectivity index (χ3n) is 6.52. The van der Waals surface area contributed by atoms with Crippen molar-refractivity contribution in [2.45, 2.75) is 37.8 Å². The Bertz CT molecular complexity index is 1350. The zero-order valence-electron chi connectivity index (χ0n) is 18.9. The topological polar surface area (TPSA) is 101 Å². The van der Waals surface area contributed by atoms with E-state index in [1.165, 1.54) is 0 Å². The van der Waals surface area contributed by atoms with E-state index in [0.29, 0.717) is 34.2 Å². The maximum absolute atomic E-state index is 13.1. The maximum atomic E-state index is 13.1. The summed E-state index contributed by atoms with van der Waals surface area (Å²) in [7, 11) is 0. The van der Waals surface area contributed by atoms with Crippen LogP contribution in [0.3, 0.4) is 0 Å². The first-order valence-corrected chi connectivity index (χ1v) is 12.0. The van der Waals surface area contributed by atoms with E-state index in [2.05, 4.69) is 15.3 Å². The van der Waals surface area contributed by atoms with Crippen LogP contribution in [-0.4, -0.2) is 38.9 Å². The van der Waals surface area contributed by atoms with Gasteiger partial charge in [-0.15, -0.1) is 0 Å². The quantitative estimate of drug-likeness (QED) is 0.359. The average molecular weight is 488 g/mol. The number of hydroxylamine groups is 2. The lowest BCUT2D eigenvalue weighted by Crippen LogP contribution is -2.53. The highest BCUT2D eigenvalue weighted by molar-refractivity contribution is 6.31. The Hall–Kier alpha value is -3.68. The fourth-order valence-corrected chi connectivity index (χ4v) is 4.84. The first-order chi connectivity index (χ1) is 17.0. The van der Waals surface area contributed by atoms with E-state index >= 15 is 0 Å². The van der Waals surface area contributed by atoms with E-state index in [0.717, 1.165) is 34.9 Å². The fourth-order valence-electron chi connectivity index (χ4n) is 4.66. The average Bonchev–Trinajstić information content (AvgIpc) is 3.32. The van der Waals surface area contributed by atoms with Crippen molar-refractivity contribution in [2.24, 2.45) is 0 Å². The third kappa shape index (κ3) is 4.92. The summed E-state index contributed by atoms with van der Waals surface area (Å²) in [6, 6.07) is 16.8. The Balaban J connectivity index is 1.30. The number of carbonyl (C=O) groups excluding carboxylic acids is 2. The van der Waals surface area contributed by atoms with Crippen molar-refractivity contribution in [2.75, 3.05) is 0 Å². The first-order valence-electron chi connectivity index (χ1n) is 11.6. The number of nitrogens with zero attached hydrogens (tertiary/aromatic N) is 2. The summed E-state index contributed by atoms with van der Waals surface area (Å²) in [5.74, 6) is -0.908. The largest absolute Gasteiger partial charge is 0.756 e. The van der Waals surface area contributed by atoms with Crippen LogP contribution >= 0.6 is 11.6 Å². The summed E-state index contributed by atoms with van der Waals surface area (Å²) in [4.78, 5) is 33.1. The molecule has 5 rings (SSSR count). The molecule has 0 spiro atoms. The van der Waals surface area contributed by atoms with Gasteiger partial charge in [-0.25, -0.2) is 0 Å². The number of carbonyl (C=O) groups is 2. The van der Waals surface area contributed by atoms with E-state index in [1.807, 2.05) is 30.3 Å². The van der Waals surface area contributed by atoms with Crippen LogP contribution in [0.4, 0.5) is 0 Å². The molecule has 4 aromatic rings. The van der Waals surface area contributed by atoms with Crippen LogP contribution in [-0.2, 0) is 0 Å². The summed E-state index contributed by atoms with van der Waals surface area (Å²) in [6.07, 6.45) is 6.29. The zero-order chi connectivity index (χ0) is 24.4. The summed E-state index contributed by atoms with van der Waals surface area (Å²) >= 11 is 6.05. The normalized spacial score (nSPS) is 17.8. The number of hydrogen-bond acceptors (Lipinski definition) is 4. The number of H-pyrrole nitrogens is 1. The standard InChI is InChI=1S/C27H24ClN4O3/c28-21-9-10-22-20(15-21)16-24(30-22)26(33)31-23-3-1-2-4-25(23)32(35)27(34)19-7-5-17(6-8-19)18-11-13-29-14-12-18/h5-16,23,25,30H,1-4H2,(H,31,33)/q-1/t23-,25+/m0/s1. The summed E-state index contributed by atoms with van der Waals surface area (Å²) in [5, 5.41) is 18.1. The highest BCUT2D eigenvalue weighted by Crippen LogP contribution is 2.26. The summed E-state index contributed by atoms with van der Waals surface area (Å²) < 4.78 is 0. The number of hydrogen-bond donors (Lipinski definition) is 2. The summed E-state index contributed by atoms with van der Waals surface area (Å²) in [6.45, 7) is 0. The molecular formula is C27H24ClN4O3-. The van der Waals surface area contributed by atoms with Crippen molar-refractivity contribution >= 4 is 34.3 Å². The number of halogens is 1. The van der Waals surface area contributed by atoms with Gasteiger partial charge in [-0.1, -0.05) is 36.6 Å². The van der Waals surface area contributed by atoms with Crippen LogP contribution in [0, 0.1) is 5.21 Å². The molecule has 0 aliphatic heterocycles. The van der Waals surface area contributed by atoms with E-state index in [9.17, 15) is 14.8 Å². The molecule has 8 heteroatoms. The maximum Gasteiger partial charge on any atom is 0.268 e. The molecule has 2 heterocycles. The molecule has 0 bridgehead atoms. The Morgan fingerprint density at radius 3 is 2.46 bits per heavy atom. The second-order valence-corrected chi connectivity index (χ2v) is 9.23.